The molecular formula is C16H21N5. The summed E-state index contributed by atoms with van der Waals surface area (Å²) >= 11 is 0. The van der Waals surface area contributed by atoms with Crippen molar-refractivity contribution in [2.24, 2.45) is 5.92 Å². The zero-order valence-corrected chi connectivity index (χ0v) is 12.4. The summed E-state index contributed by atoms with van der Waals surface area (Å²) in [5.41, 5.74) is 1.14. The highest BCUT2D eigenvalue weighted by molar-refractivity contribution is 5.48. The number of piperidine rings is 1. The number of hydrogen-bond acceptors (Lipinski definition) is 5. The quantitative estimate of drug-likeness (QED) is 0.935. The molecule has 0 radical (unpaired) electrons. The number of anilines is 2. The van der Waals surface area contributed by atoms with Crippen molar-refractivity contribution in [2.45, 2.75) is 26.3 Å². The van der Waals surface area contributed by atoms with E-state index in [0.717, 1.165) is 42.8 Å². The van der Waals surface area contributed by atoms with Crippen LogP contribution in [-0.4, -0.2) is 28.0 Å². The van der Waals surface area contributed by atoms with Gasteiger partial charge in [-0.2, -0.15) is 0 Å². The minimum absolute atomic E-state index is 0.723. The smallest absolute Gasteiger partial charge is 0.134 e. The van der Waals surface area contributed by atoms with Crippen LogP contribution in [0.1, 0.15) is 25.3 Å². The summed E-state index contributed by atoms with van der Waals surface area (Å²) in [7, 11) is 0. The van der Waals surface area contributed by atoms with Crippen LogP contribution in [0.4, 0.5) is 11.6 Å². The van der Waals surface area contributed by atoms with Gasteiger partial charge in [0, 0.05) is 38.1 Å². The minimum Gasteiger partial charge on any atom is -0.366 e. The monoisotopic (exact) mass is 283 g/mol. The normalized spacial score (nSPS) is 18.5. The maximum Gasteiger partial charge on any atom is 0.134 e. The van der Waals surface area contributed by atoms with Gasteiger partial charge in [0.05, 0.1) is 0 Å². The molecule has 1 aliphatic rings. The van der Waals surface area contributed by atoms with Crippen molar-refractivity contribution in [1.82, 2.24) is 15.0 Å². The number of pyridine rings is 1. The Morgan fingerprint density at radius 3 is 3.14 bits per heavy atom. The van der Waals surface area contributed by atoms with Gasteiger partial charge < -0.3 is 10.2 Å². The summed E-state index contributed by atoms with van der Waals surface area (Å²) in [4.78, 5) is 15.2. The van der Waals surface area contributed by atoms with E-state index in [9.17, 15) is 0 Å². The molecule has 110 valence electrons. The maximum absolute atomic E-state index is 4.41. The largest absolute Gasteiger partial charge is 0.366 e. The van der Waals surface area contributed by atoms with Gasteiger partial charge in [0.25, 0.3) is 0 Å². The van der Waals surface area contributed by atoms with E-state index in [1.165, 1.54) is 12.8 Å². The van der Waals surface area contributed by atoms with Crippen LogP contribution in [0, 0.1) is 5.92 Å². The SMILES string of the molecule is CC1CCCN(c2cc(NCc3cccnc3)ncn2)C1. The first-order valence-electron chi connectivity index (χ1n) is 7.51. The molecule has 1 fully saturated rings. The second-order valence-electron chi connectivity index (χ2n) is 5.67. The molecule has 3 heterocycles. The highest BCUT2D eigenvalue weighted by Gasteiger charge is 2.17. The van der Waals surface area contributed by atoms with E-state index in [0.29, 0.717) is 0 Å². The Hall–Kier alpha value is -2.17. The molecule has 1 atom stereocenters. The van der Waals surface area contributed by atoms with Crippen LogP contribution in [0.15, 0.2) is 36.9 Å². The Kier molecular flexibility index (Phi) is 4.28. The van der Waals surface area contributed by atoms with Crippen LogP contribution >= 0.6 is 0 Å². The second-order valence-corrected chi connectivity index (χ2v) is 5.67. The highest BCUT2D eigenvalue weighted by atomic mass is 15.2. The summed E-state index contributed by atoms with van der Waals surface area (Å²) in [6.45, 7) is 5.19. The van der Waals surface area contributed by atoms with Crippen molar-refractivity contribution in [2.75, 3.05) is 23.3 Å². The fourth-order valence-electron chi connectivity index (χ4n) is 2.71. The predicted molar refractivity (Wildman–Crippen MR) is 84.2 cm³/mol. The molecule has 1 aliphatic heterocycles. The van der Waals surface area contributed by atoms with Crippen molar-refractivity contribution in [3.8, 4) is 0 Å². The molecular weight excluding hydrogens is 262 g/mol. The zero-order valence-electron chi connectivity index (χ0n) is 12.4. The Morgan fingerprint density at radius 2 is 2.33 bits per heavy atom. The van der Waals surface area contributed by atoms with Gasteiger partial charge in [-0.05, 0) is 30.4 Å². The first kappa shape index (κ1) is 13.8. The summed E-state index contributed by atoms with van der Waals surface area (Å²) in [5.74, 6) is 2.62. The molecule has 0 amide bonds. The van der Waals surface area contributed by atoms with E-state index < -0.39 is 0 Å². The number of hydrogen-bond donors (Lipinski definition) is 1. The fraction of sp³-hybridized carbons (Fsp3) is 0.438. The summed E-state index contributed by atoms with van der Waals surface area (Å²) < 4.78 is 0. The van der Waals surface area contributed by atoms with Gasteiger partial charge in [0.15, 0.2) is 0 Å². The van der Waals surface area contributed by atoms with Gasteiger partial charge in [-0.1, -0.05) is 13.0 Å². The lowest BCUT2D eigenvalue weighted by Gasteiger charge is -2.31. The zero-order chi connectivity index (χ0) is 14.5. The molecule has 5 heteroatoms. The average Bonchev–Trinajstić information content (AvgIpc) is 2.54. The Morgan fingerprint density at radius 1 is 1.38 bits per heavy atom. The third kappa shape index (κ3) is 3.68. The van der Waals surface area contributed by atoms with Crippen LogP contribution < -0.4 is 10.2 Å². The van der Waals surface area contributed by atoms with Gasteiger partial charge in [-0.25, -0.2) is 9.97 Å². The Balaban J connectivity index is 1.65. The summed E-state index contributed by atoms with van der Waals surface area (Å²) in [6.07, 6.45) is 7.84. The topological polar surface area (TPSA) is 53.9 Å². The van der Waals surface area contributed by atoms with Crippen LogP contribution in [-0.2, 0) is 6.54 Å². The second kappa shape index (κ2) is 6.52. The van der Waals surface area contributed by atoms with Crippen LogP contribution in [0.5, 0.6) is 0 Å². The molecule has 3 rings (SSSR count). The molecule has 0 aromatic carbocycles. The lowest BCUT2D eigenvalue weighted by molar-refractivity contribution is 0.444. The van der Waals surface area contributed by atoms with Crippen LogP contribution in [0.2, 0.25) is 0 Å². The Bertz CT molecular complexity index is 572. The number of nitrogens with one attached hydrogen (secondary N) is 1. The summed E-state index contributed by atoms with van der Waals surface area (Å²) in [5, 5.41) is 3.33. The lowest BCUT2D eigenvalue weighted by Crippen LogP contribution is -2.34. The maximum atomic E-state index is 4.41. The van der Waals surface area contributed by atoms with E-state index in [4.69, 9.17) is 0 Å². The molecule has 2 aromatic rings. The molecule has 1 unspecified atom stereocenters. The fourth-order valence-corrected chi connectivity index (χ4v) is 2.71. The van der Waals surface area contributed by atoms with Crippen molar-refractivity contribution in [3.63, 3.8) is 0 Å². The molecule has 0 aliphatic carbocycles. The van der Waals surface area contributed by atoms with Gasteiger partial charge in [-0.15, -0.1) is 0 Å². The summed E-state index contributed by atoms with van der Waals surface area (Å²) in [6, 6.07) is 6.03. The number of aromatic nitrogens is 3. The van der Waals surface area contributed by atoms with E-state index in [1.54, 1.807) is 12.5 Å². The minimum atomic E-state index is 0.723. The third-order valence-electron chi connectivity index (χ3n) is 3.83. The molecule has 0 bridgehead atoms. The molecule has 1 N–H and O–H groups in total. The van der Waals surface area contributed by atoms with Gasteiger partial charge in [-0.3, -0.25) is 4.98 Å². The van der Waals surface area contributed by atoms with E-state index in [-0.39, 0.29) is 0 Å². The number of nitrogens with zero attached hydrogens (tertiary/aromatic N) is 4. The third-order valence-corrected chi connectivity index (χ3v) is 3.83. The molecule has 5 nitrogen and oxygen atoms in total. The van der Waals surface area contributed by atoms with E-state index >= 15 is 0 Å². The molecule has 0 saturated carbocycles. The highest BCUT2D eigenvalue weighted by Crippen LogP contribution is 2.22. The number of rotatable bonds is 4. The van der Waals surface area contributed by atoms with Gasteiger partial charge in [0.2, 0.25) is 0 Å². The van der Waals surface area contributed by atoms with Gasteiger partial charge >= 0.3 is 0 Å². The standard InChI is InChI=1S/C16H21N5/c1-13-4-3-7-21(11-13)16-8-15(19-12-20-16)18-10-14-5-2-6-17-9-14/h2,5-6,8-9,12-13H,3-4,7,10-11H2,1H3,(H,18,19,20). The van der Waals surface area contributed by atoms with Crippen LogP contribution in [0.3, 0.4) is 0 Å². The van der Waals surface area contributed by atoms with Crippen molar-refractivity contribution in [1.29, 1.82) is 0 Å². The van der Waals surface area contributed by atoms with Gasteiger partial charge in [0.1, 0.15) is 18.0 Å². The molecule has 2 aromatic heterocycles. The van der Waals surface area contributed by atoms with Crippen molar-refractivity contribution >= 4 is 11.6 Å². The van der Waals surface area contributed by atoms with Crippen molar-refractivity contribution in [3.05, 3.63) is 42.5 Å². The van der Waals surface area contributed by atoms with E-state index in [2.05, 4.69) is 38.2 Å². The predicted octanol–water partition coefficient (Wildman–Crippen LogP) is 2.72. The first-order valence-corrected chi connectivity index (χ1v) is 7.51. The first-order chi connectivity index (χ1) is 10.3. The molecule has 1 saturated heterocycles. The van der Waals surface area contributed by atoms with E-state index in [1.807, 2.05) is 18.3 Å². The molecule has 21 heavy (non-hydrogen) atoms. The van der Waals surface area contributed by atoms with Crippen LogP contribution in [0.25, 0.3) is 0 Å². The lowest BCUT2D eigenvalue weighted by atomic mass is 10.0. The Labute approximate surface area is 125 Å². The van der Waals surface area contributed by atoms with Crippen molar-refractivity contribution < 1.29 is 0 Å². The average molecular weight is 283 g/mol. The molecule has 0 spiro atoms.